The van der Waals surface area contributed by atoms with E-state index >= 15 is 0 Å². The molecule has 1 amide bonds. The molecule has 0 radical (unpaired) electrons. The van der Waals surface area contributed by atoms with Gasteiger partial charge in [0.25, 0.3) is 5.91 Å². The first-order valence-corrected chi connectivity index (χ1v) is 7.88. The van der Waals surface area contributed by atoms with Crippen molar-refractivity contribution in [2.24, 2.45) is 0 Å². The van der Waals surface area contributed by atoms with Crippen LogP contribution in [0.5, 0.6) is 0 Å². The highest BCUT2D eigenvalue weighted by Gasteiger charge is 2.30. The molecule has 0 saturated carbocycles. The maximum absolute atomic E-state index is 12.7. The van der Waals surface area contributed by atoms with Gasteiger partial charge in [0.05, 0.1) is 11.1 Å². The Kier molecular flexibility index (Phi) is 4.85. The maximum Gasteiger partial charge on any atom is 0.416 e. The van der Waals surface area contributed by atoms with Gasteiger partial charge in [-0.2, -0.15) is 18.3 Å². The van der Waals surface area contributed by atoms with Gasteiger partial charge in [-0.1, -0.05) is 24.3 Å². The van der Waals surface area contributed by atoms with E-state index in [1.165, 1.54) is 19.1 Å². The number of halogens is 3. The van der Waals surface area contributed by atoms with Gasteiger partial charge >= 0.3 is 12.1 Å². The van der Waals surface area contributed by atoms with E-state index < -0.39 is 29.7 Å². The van der Waals surface area contributed by atoms with Crippen LogP contribution in [0.2, 0.25) is 0 Å². The fraction of sp³-hybridized carbons (Fsp3) is 0.167. The fourth-order valence-corrected chi connectivity index (χ4v) is 2.41. The largest absolute Gasteiger partial charge is 0.448 e. The fourth-order valence-electron chi connectivity index (χ4n) is 2.41. The molecule has 3 aromatic rings. The Labute approximate surface area is 151 Å². The first kappa shape index (κ1) is 18.4. The predicted molar refractivity (Wildman–Crippen MR) is 91.0 cm³/mol. The molecule has 0 aliphatic heterocycles. The number of aromatic nitrogens is 2. The summed E-state index contributed by atoms with van der Waals surface area (Å²) in [5.41, 5.74) is -0.300. The van der Waals surface area contributed by atoms with Crippen LogP contribution in [0.3, 0.4) is 0 Å². The Bertz CT molecular complexity index is 998. The molecule has 1 atom stereocenters. The van der Waals surface area contributed by atoms with E-state index in [2.05, 4.69) is 15.5 Å². The molecule has 3 rings (SSSR count). The quantitative estimate of drug-likeness (QED) is 0.678. The number of anilines is 1. The van der Waals surface area contributed by atoms with Gasteiger partial charge in [-0.15, -0.1) is 0 Å². The third-order valence-electron chi connectivity index (χ3n) is 3.77. The first-order valence-electron chi connectivity index (χ1n) is 7.88. The van der Waals surface area contributed by atoms with E-state index in [1.54, 1.807) is 24.3 Å². The first-order chi connectivity index (χ1) is 12.8. The van der Waals surface area contributed by atoms with E-state index in [0.29, 0.717) is 10.9 Å². The molecule has 1 heterocycles. The zero-order valence-corrected chi connectivity index (χ0v) is 14.0. The third kappa shape index (κ3) is 4.08. The van der Waals surface area contributed by atoms with E-state index in [-0.39, 0.29) is 11.4 Å². The second-order valence-corrected chi connectivity index (χ2v) is 5.73. The minimum atomic E-state index is -4.53. The smallest absolute Gasteiger partial charge is 0.416 e. The van der Waals surface area contributed by atoms with Gasteiger partial charge < -0.3 is 10.1 Å². The number of benzene rings is 2. The number of nitrogens with zero attached hydrogens (tertiary/aromatic N) is 1. The topological polar surface area (TPSA) is 84.1 Å². The molecular weight excluding hydrogens is 363 g/mol. The number of H-pyrrole nitrogens is 1. The lowest BCUT2D eigenvalue weighted by atomic mass is 10.2. The zero-order chi connectivity index (χ0) is 19.6. The van der Waals surface area contributed by atoms with Gasteiger partial charge in [-0.3, -0.25) is 9.89 Å². The van der Waals surface area contributed by atoms with E-state index in [4.69, 9.17) is 4.74 Å². The van der Waals surface area contributed by atoms with Crippen LogP contribution in [0, 0.1) is 0 Å². The number of esters is 1. The van der Waals surface area contributed by atoms with Crippen molar-refractivity contribution in [2.45, 2.75) is 19.2 Å². The van der Waals surface area contributed by atoms with Crippen molar-refractivity contribution in [3.8, 4) is 0 Å². The zero-order valence-electron chi connectivity index (χ0n) is 14.0. The summed E-state index contributed by atoms with van der Waals surface area (Å²) in [6.45, 7) is 1.32. The highest BCUT2D eigenvalue weighted by molar-refractivity contribution is 6.03. The lowest BCUT2D eigenvalue weighted by Gasteiger charge is -2.14. The van der Waals surface area contributed by atoms with Crippen LogP contribution in [-0.4, -0.2) is 28.2 Å². The summed E-state index contributed by atoms with van der Waals surface area (Å²) in [6, 6.07) is 11.0. The monoisotopic (exact) mass is 377 g/mol. The molecule has 27 heavy (non-hydrogen) atoms. The molecule has 140 valence electrons. The summed E-state index contributed by atoms with van der Waals surface area (Å²) in [5.74, 6) is -1.58. The van der Waals surface area contributed by atoms with E-state index in [1.807, 2.05) is 0 Å². The number of carbonyl (C=O) groups is 2. The summed E-state index contributed by atoms with van der Waals surface area (Å²) >= 11 is 0. The van der Waals surface area contributed by atoms with Gasteiger partial charge in [0.2, 0.25) is 0 Å². The summed E-state index contributed by atoms with van der Waals surface area (Å²) in [4.78, 5) is 24.4. The summed E-state index contributed by atoms with van der Waals surface area (Å²) in [7, 11) is 0. The predicted octanol–water partition coefficient (Wildman–Crippen LogP) is 3.77. The minimum absolute atomic E-state index is 0.0179. The Balaban J connectivity index is 1.68. The molecular formula is C18H14F3N3O3. The second kappa shape index (κ2) is 7.10. The van der Waals surface area contributed by atoms with E-state index in [9.17, 15) is 22.8 Å². The number of aromatic amines is 1. The van der Waals surface area contributed by atoms with Crippen molar-refractivity contribution in [3.05, 3.63) is 59.8 Å². The molecule has 6 nitrogen and oxygen atoms in total. The molecule has 0 bridgehead atoms. The van der Waals surface area contributed by atoms with Gasteiger partial charge in [-0.05, 0) is 31.2 Å². The Hall–Kier alpha value is -3.36. The van der Waals surface area contributed by atoms with Crippen LogP contribution >= 0.6 is 0 Å². The highest BCUT2D eigenvalue weighted by Crippen LogP contribution is 2.30. The second-order valence-electron chi connectivity index (χ2n) is 5.73. The molecule has 2 N–H and O–H groups in total. The van der Waals surface area contributed by atoms with Crippen LogP contribution in [0.25, 0.3) is 10.9 Å². The number of carbonyl (C=O) groups excluding carboxylic acids is 2. The van der Waals surface area contributed by atoms with Crippen LogP contribution in [0.1, 0.15) is 23.0 Å². The normalized spacial score (nSPS) is 12.6. The maximum atomic E-state index is 12.7. The lowest BCUT2D eigenvalue weighted by Crippen LogP contribution is -2.30. The number of para-hydroxylation sites is 1. The Morgan fingerprint density at radius 2 is 1.89 bits per heavy atom. The number of fused-ring (bicyclic) bond motifs is 1. The van der Waals surface area contributed by atoms with Gasteiger partial charge in [0, 0.05) is 11.1 Å². The molecule has 1 aromatic heterocycles. The summed E-state index contributed by atoms with van der Waals surface area (Å²) in [5, 5.41) is 9.38. The van der Waals surface area contributed by atoms with Crippen molar-refractivity contribution in [3.63, 3.8) is 0 Å². The number of hydrogen-bond acceptors (Lipinski definition) is 4. The number of amides is 1. The number of rotatable bonds is 4. The van der Waals surface area contributed by atoms with Crippen molar-refractivity contribution in [1.29, 1.82) is 0 Å². The van der Waals surface area contributed by atoms with Crippen molar-refractivity contribution in [2.75, 3.05) is 5.32 Å². The van der Waals surface area contributed by atoms with Crippen LogP contribution < -0.4 is 5.32 Å². The summed E-state index contributed by atoms with van der Waals surface area (Å²) in [6.07, 6.45) is -5.76. The minimum Gasteiger partial charge on any atom is -0.448 e. The van der Waals surface area contributed by atoms with Crippen molar-refractivity contribution in [1.82, 2.24) is 10.2 Å². The molecule has 2 aromatic carbocycles. The van der Waals surface area contributed by atoms with Crippen LogP contribution in [0.4, 0.5) is 18.9 Å². The Morgan fingerprint density at radius 1 is 1.15 bits per heavy atom. The molecule has 0 aliphatic rings. The number of ether oxygens (including phenoxy) is 1. The molecule has 0 fully saturated rings. The number of alkyl halides is 3. The molecule has 0 spiro atoms. The molecule has 0 unspecified atom stereocenters. The highest BCUT2D eigenvalue weighted by atomic mass is 19.4. The van der Waals surface area contributed by atoms with Crippen molar-refractivity contribution < 1.29 is 27.5 Å². The average Bonchev–Trinajstić information content (AvgIpc) is 3.05. The number of hydrogen-bond donors (Lipinski definition) is 2. The SMILES string of the molecule is C[C@@H](OC(=O)c1n[nH]c2ccccc12)C(=O)Nc1cccc(C(F)(F)F)c1. The van der Waals surface area contributed by atoms with Gasteiger partial charge in [-0.25, -0.2) is 4.79 Å². The number of nitrogens with one attached hydrogen (secondary N) is 2. The summed E-state index contributed by atoms with van der Waals surface area (Å²) < 4.78 is 43.3. The van der Waals surface area contributed by atoms with Crippen molar-refractivity contribution >= 4 is 28.5 Å². The average molecular weight is 377 g/mol. The molecule has 0 aliphatic carbocycles. The molecule has 9 heteroatoms. The van der Waals surface area contributed by atoms with Gasteiger partial charge in [0.1, 0.15) is 0 Å². The third-order valence-corrected chi connectivity index (χ3v) is 3.77. The standard InChI is InChI=1S/C18H14F3N3O3/c1-10(16(25)22-12-6-4-5-11(9-12)18(19,20)21)27-17(26)15-13-7-2-3-8-14(13)23-24-15/h2-10H,1H3,(H,22,25)(H,23,24)/t10-/m1/s1. The Morgan fingerprint density at radius 3 is 2.63 bits per heavy atom. The van der Waals surface area contributed by atoms with Crippen LogP contribution in [0.15, 0.2) is 48.5 Å². The van der Waals surface area contributed by atoms with E-state index in [0.717, 1.165) is 12.1 Å². The molecule has 0 saturated heterocycles. The van der Waals surface area contributed by atoms with Gasteiger partial charge in [0.15, 0.2) is 11.8 Å². The van der Waals surface area contributed by atoms with Crippen LogP contribution in [-0.2, 0) is 15.7 Å². The lowest BCUT2D eigenvalue weighted by molar-refractivity contribution is -0.137.